The molecule has 1 aromatic heterocycles. The predicted octanol–water partition coefficient (Wildman–Crippen LogP) is 2.91. The van der Waals surface area contributed by atoms with Crippen molar-refractivity contribution < 1.29 is 9.90 Å². The molecule has 1 N–H and O–H groups in total. The molecule has 2 aromatic carbocycles. The largest absolute Gasteiger partial charge is 0.394 e. The molecule has 1 aliphatic rings. The van der Waals surface area contributed by atoms with Gasteiger partial charge in [0.25, 0.3) is 0 Å². The first-order valence-corrected chi connectivity index (χ1v) is 9.44. The highest BCUT2D eigenvalue weighted by molar-refractivity contribution is 5.91. The van der Waals surface area contributed by atoms with Crippen LogP contribution in [0.3, 0.4) is 0 Å². The van der Waals surface area contributed by atoms with Crippen LogP contribution < -0.4 is 4.90 Å². The maximum absolute atomic E-state index is 13.1. The highest BCUT2D eigenvalue weighted by Gasteiger charge is 2.33. The van der Waals surface area contributed by atoms with Crippen LogP contribution >= 0.6 is 0 Å². The Balaban J connectivity index is 1.56. The zero-order valence-electron chi connectivity index (χ0n) is 15.9. The maximum Gasteiger partial charge on any atom is 0.324 e. The predicted molar refractivity (Wildman–Crippen MR) is 108 cm³/mol. The fraction of sp³-hybridized carbons (Fsp3) is 0.273. The molecule has 6 nitrogen and oxygen atoms in total. The lowest BCUT2D eigenvalue weighted by Gasteiger charge is -2.37. The first-order chi connectivity index (χ1) is 13.7. The first-order valence-electron chi connectivity index (χ1n) is 9.44. The number of hydrogen-bond acceptors (Lipinski definition) is 3. The van der Waals surface area contributed by atoms with Gasteiger partial charge in [-0.05, 0) is 17.7 Å². The molecule has 0 spiro atoms. The molecule has 2 heterocycles. The Bertz CT molecular complexity index is 940. The van der Waals surface area contributed by atoms with E-state index in [9.17, 15) is 9.90 Å². The molecule has 4 rings (SSSR count). The lowest BCUT2D eigenvalue weighted by molar-refractivity contribution is 0.123. The third-order valence-electron chi connectivity index (χ3n) is 5.31. The van der Waals surface area contributed by atoms with Gasteiger partial charge in [-0.25, -0.2) is 9.78 Å². The zero-order chi connectivity index (χ0) is 19.5. The van der Waals surface area contributed by atoms with E-state index >= 15 is 0 Å². The number of benzene rings is 2. The van der Waals surface area contributed by atoms with Crippen LogP contribution in [-0.2, 0) is 19.5 Å². The molecule has 3 aromatic rings. The number of hydrogen-bond donors (Lipinski definition) is 1. The molecule has 1 atom stereocenters. The minimum atomic E-state index is -0.266. The van der Waals surface area contributed by atoms with E-state index < -0.39 is 0 Å². The average Bonchev–Trinajstić information content (AvgIpc) is 3.14. The summed E-state index contributed by atoms with van der Waals surface area (Å²) in [6, 6.07) is 19.4. The van der Waals surface area contributed by atoms with Crippen LogP contribution in [0.2, 0.25) is 0 Å². The summed E-state index contributed by atoms with van der Waals surface area (Å²) in [5.74, 6) is 0. The zero-order valence-corrected chi connectivity index (χ0v) is 15.9. The van der Waals surface area contributed by atoms with Crippen LogP contribution in [0, 0.1) is 0 Å². The number of aromatic nitrogens is 2. The Kier molecular flexibility index (Phi) is 5.12. The highest BCUT2D eigenvalue weighted by Crippen LogP contribution is 2.25. The van der Waals surface area contributed by atoms with E-state index in [-0.39, 0.29) is 18.7 Å². The lowest BCUT2D eigenvalue weighted by atomic mass is 10.0. The van der Waals surface area contributed by atoms with E-state index in [1.165, 1.54) is 5.56 Å². The molecule has 0 bridgehead atoms. The topological polar surface area (TPSA) is 61.6 Å². The van der Waals surface area contributed by atoms with E-state index in [0.717, 1.165) is 23.6 Å². The Morgan fingerprint density at radius 3 is 2.50 bits per heavy atom. The summed E-state index contributed by atoms with van der Waals surface area (Å²) in [4.78, 5) is 21.0. The number of aliphatic hydroxyl groups excluding tert-OH is 1. The molecule has 0 unspecified atom stereocenters. The summed E-state index contributed by atoms with van der Waals surface area (Å²) in [6.07, 6.45) is 2.42. The number of carbonyl (C=O) groups excluding carboxylic acids is 1. The molecule has 1 aliphatic heterocycles. The summed E-state index contributed by atoms with van der Waals surface area (Å²) in [7, 11) is 1.76. The fourth-order valence-corrected chi connectivity index (χ4v) is 3.70. The SMILES string of the molecule is CN(C(=O)N1Cc2ncn(Cc3ccccc3)c2C[C@H]1CO)c1ccccc1. The van der Waals surface area contributed by atoms with E-state index in [1.807, 2.05) is 54.9 Å². The van der Waals surface area contributed by atoms with Crippen molar-refractivity contribution in [1.29, 1.82) is 0 Å². The van der Waals surface area contributed by atoms with Crippen molar-refractivity contribution in [3.63, 3.8) is 0 Å². The second kappa shape index (κ2) is 7.86. The van der Waals surface area contributed by atoms with Gasteiger partial charge in [-0.2, -0.15) is 0 Å². The van der Waals surface area contributed by atoms with Crippen LogP contribution in [-0.4, -0.2) is 45.3 Å². The normalized spacial score (nSPS) is 15.9. The van der Waals surface area contributed by atoms with Crippen molar-refractivity contribution in [3.8, 4) is 0 Å². The van der Waals surface area contributed by atoms with Crippen LogP contribution in [0.25, 0.3) is 0 Å². The van der Waals surface area contributed by atoms with Gasteiger partial charge in [0.05, 0.1) is 31.2 Å². The molecule has 0 saturated heterocycles. The maximum atomic E-state index is 13.1. The number of para-hydroxylation sites is 1. The lowest BCUT2D eigenvalue weighted by Crippen LogP contribution is -2.51. The Morgan fingerprint density at radius 2 is 1.82 bits per heavy atom. The van der Waals surface area contributed by atoms with Gasteiger partial charge >= 0.3 is 6.03 Å². The number of urea groups is 1. The Morgan fingerprint density at radius 1 is 1.14 bits per heavy atom. The van der Waals surface area contributed by atoms with Crippen LogP contribution in [0.4, 0.5) is 10.5 Å². The van der Waals surface area contributed by atoms with Crippen LogP contribution in [0.1, 0.15) is 17.0 Å². The molecule has 144 valence electrons. The number of aliphatic hydroxyl groups is 1. The summed E-state index contributed by atoms with van der Waals surface area (Å²) in [5, 5.41) is 9.96. The summed E-state index contributed by atoms with van der Waals surface area (Å²) < 4.78 is 2.12. The van der Waals surface area contributed by atoms with E-state index in [2.05, 4.69) is 21.7 Å². The number of amides is 2. The molecule has 0 radical (unpaired) electrons. The fourth-order valence-electron chi connectivity index (χ4n) is 3.70. The Hall–Kier alpha value is -3.12. The number of nitrogens with zero attached hydrogens (tertiary/aromatic N) is 4. The second-order valence-corrected chi connectivity index (χ2v) is 7.10. The third kappa shape index (κ3) is 3.51. The average molecular weight is 376 g/mol. The molecule has 28 heavy (non-hydrogen) atoms. The van der Waals surface area contributed by atoms with Crippen molar-refractivity contribution in [2.45, 2.75) is 25.6 Å². The van der Waals surface area contributed by atoms with E-state index in [4.69, 9.17) is 0 Å². The van der Waals surface area contributed by atoms with Crippen LogP contribution in [0.5, 0.6) is 0 Å². The molecule has 6 heteroatoms. The molecule has 0 aliphatic carbocycles. The van der Waals surface area contributed by atoms with Gasteiger partial charge in [0.1, 0.15) is 0 Å². The van der Waals surface area contributed by atoms with Crippen molar-refractivity contribution >= 4 is 11.7 Å². The smallest absolute Gasteiger partial charge is 0.324 e. The number of imidazole rings is 1. The van der Waals surface area contributed by atoms with Gasteiger partial charge in [0, 0.05) is 31.4 Å². The number of fused-ring (bicyclic) bond motifs is 1. The highest BCUT2D eigenvalue weighted by atomic mass is 16.3. The van der Waals surface area contributed by atoms with E-state index in [1.54, 1.807) is 16.8 Å². The molecule has 2 amide bonds. The van der Waals surface area contributed by atoms with Gasteiger partial charge < -0.3 is 14.6 Å². The third-order valence-corrected chi connectivity index (χ3v) is 5.31. The van der Waals surface area contributed by atoms with Crippen molar-refractivity contribution in [2.24, 2.45) is 0 Å². The minimum Gasteiger partial charge on any atom is -0.394 e. The molecular weight excluding hydrogens is 352 g/mol. The van der Waals surface area contributed by atoms with Gasteiger partial charge in [-0.1, -0.05) is 48.5 Å². The number of rotatable bonds is 4. The summed E-state index contributed by atoms with van der Waals surface area (Å²) in [5.41, 5.74) is 4.01. The quantitative estimate of drug-likeness (QED) is 0.762. The number of anilines is 1. The summed E-state index contributed by atoms with van der Waals surface area (Å²) >= 11 is 0. The standard InChI is InChI=1S/C22H24N4O2/c1-24(18-10-6-3-7-11-18)22(28)26-14-20-21(12-19(26)15-27)25(16-23-20)13-17-8-4-2-5-9-17/h2-11,16,19,27H,12-15H2,1H3/t19-/m0/s1. The first kappa shape index (κ1) is 18.3. The van der Waals surface area contributed by atoms with E-state index in [0.29, 0.717) is 13.0 Å². The molecular formula is C22H24N4O2. The van der Waals surface area contributed by atoms with Crippen LogP contribution in [0.15, 0.2) is 67.0 Å². The monoisotopic (exact) mass is 376 g/mol. The molecule has 0 saturated carbocycles. The van der Waals surface area contributed by atoms with Crippen molar-refractivity contribution in [3.05, 3.63) is 83.9 Å². The molecule has 0 fully saturated rings. The van der Waals surface area contributed by atoms with Gasteiger partial charge in [0.15, 0.2) is 0 Å². The number of carbonyl (C=O) groups is 1. The minimum absolute atomic E-state index is 0.0790. The van der Waals surface area contributed by atoms with Gasteiger partial charge in [-0.15, -0.1) is 0 Å². The summed E-state index contributed by atoms with van der Waals surface area (Å²) in [6.45, 7) is 1.06. The van der Waals surface area contributed by atoms with Crippen molar-refractivity contribution in [1.82, 2.24) is 14.5 Å². The van der Waals surface area contributed by atoms with Crippen molar-refractivity contribution in [2.75, 3.05) is 18.6 Å². The second-order valence-electron chi connectivity index (χ2n) is 7.10. The Labute approximate surface area is 164 Å². The van der Waals surface area contributed by atoms with Gasteiger partial charge in [-0.3, -0.25) is 4.90 Å². The van der Waals surface area contributed by atoms with Gasteiger partial charge in [0.2, 0.25) is 0 Å².